The summed E-state index contributed by atoms with van der Waals surface area (Å²) in [5.74, 6) is 0. The summed E-state index contributed by atoms with van der Waals surface area (Å²) in [5, 5.41) is 10.4. The fraction of sp³-hybridized carbons (Fsp3) is 0.800. The first kappa shape index (κ1) is 7.14. The first-order chi connectivity index (χ1) is 4.58. The van der Waals surface area contributed by atoms with Gasteiger partial charge in [-0.1, -0.05) is 0 Å². The lowest BCUT2D eigenvalue weighted by Gasteiger charge is -2.16. The molecule has 5 heteroatoms. The van der Waals surface area contributed by atoms with Crippen LogP contribution in [0.4, 0.5) is 0 Å². The van der Waals surface area contributed by atoms with Gasteiger partial charge in [-0.15, -0.1) is 5.10 Å². The number of hydrogen-bond donors (Lipinski definition) is 1. The van der Waals surface area contributed by atoms with Crippen molar-refractivity contribution >= 4 is 0 Å². The predicted octanol–water partition coefficient (Wildman–Crippen LogP) is -0.789. The smallest absolute Gasteiger partial charge is 0.221 e. The summed E-state index contributed by atoms with van der Waals surface area (Å²) in [4.78, 5) is 0. The number of tetrazole rings is 1. The fourth-order valence-electron chi connectivity index (χ4n) is 0.613. The van der Waals surface area contributed by atoms with Crippen molar-refractivity contribution < 1.29 is 0 Å². The summed E-state index contributed by atoms with van der Waals surface area (Å²) in [6, 6.07) is 0. The van der Waals surface area contributed by atoms with Gasteiger partial charge in [0.05, 0.1) is 6.54 Å². The summed E-state index contributed by atoms with van der Waals surface area (Å²) in [7, 11) is 0. The molecule has 1 rings (SSSR count). The molecule has 10 heavy (non-hydrogen) atoms. The van der Waals surface area contributed by atoms with Crippen molar-refractivity contribution in [2.75, 3.05) is 0 Å². The normalized spacial score (nSPS) is 11.9. The summed E-state index contributed by atoms with van der Waals surface area (Å²) < 4.78 is 1.49. The van der Waals surface area contributed by atoms with Crippen LogP contribution in [0.5, 0.6) is 0 Å². The third-order valence-electron chi connectivity index (χ3n) is 0.910. The zero-order valence-electron chi connectivity index (χ0n) is 6.07. The lowest BCUT2D eigenvalue weighted by molar-refractivity contribution is 0.400. The van der Waals surface area contributed by atoms with Crippen LogP contribution in [0.15, 0.2) is 0 Å². The van der Waals surface area contributed by atoms with Crippen LogP contribution in [-0.2, 0) is 6.54 Å². The van der Waals surface area contributed by atoms with E-state index in [1.54, 1.807) is 0 Å². The molecule has 0 aliphatic rings. The van der Waals surface area contributed by atoms with Gasteiger partial charge in [-0.25, -0.2) is 4.68 Å². The summed E-state index contributed by atoms with van der Waals surface area (Å²) in [6.45, 7) is 4.39. The number of nitrogens with two attached hydrogens (primary N) is 1. The highest BCUT2D eigenvalue weighted by molar-refractivity contribution is 4.70. The molecule has 1 radical (unpaired) electrons. The quantitative estimate of drug-likeness (QED) is 0.584. The minimum absolute atomic E-state index is 0.286. The Morgan fingerprint density at radius 3 is 2.70 bits per heavy atom. The number of hydrogen-bond acceptors (Lipinski definition) is 4. The molecule has 1 aromatic rings. The molecule has 0 amide bonds. The molecule has 55 valence electrons. The minimum Gasteiger partial charge on any atom is -0.324 e. The Kier molecular flexibility index (Phi) is 1.67. The third-order valence-corrected chi connectivity index (χ3v) is 0.910. The molecule has 0 unspecified atom stereocenters. The van der Waals surface area contributed by atoms with Crippen molar-refractivity contribution in [3.8, 4) is 0 Å². The maximum Gasteiger partial charge on any atom is 0.221 e. The van der Waals surface area contributed by atoms with Gasteiger partial charge in [-0.3, -0.25) is 0 Å². The van der Waals surface area contributed by atoms with E-state index in [1.807, 2.05) is 13.8 Å². The second-order valence-electron chi connectivity index (χ2n) is 2.93. The molecule has 0 aliphatic heterocycles. The van der Waals surface area contributed by atoms with Crippen LogP contribution in [0.1, 0.15) is 13.8 Å². The molecule has 0 spiro atoms. The monoisotopic (exact) mass is 140 g/mol. The molecular weight excluding hydrogens is 130 g/mol. The minimum atomic E-state index is -0.286. The van der Waals surface area contributed by atoms with Gasteiger partial charge < -0.3 is 5.73 Å². The van der Waals surface area contributed by atoms with E-state index in [0.717, 1.165) is 0 Å². The van der Waals surface area contributed by atoms with Gasteiger partial charge in [0, 0.05) is 5.54 Å². The first-order valence-electron chi connectivity index (χ1n) is 3.01. The van der Waals surface area contributed by atoms with Crippen molar-refractivity contribution in [3.63, 3.8) is 0 Å². The SMILES string of the molecule is CC(C)(N)Cn1[c]nnn1. The molecule has 0 aliphatic carbocycles. The molecule has 0 saturated heterocycles. The van der Waals surface area contributed by atoms with E-state index in [4.69, 9.17) is 5.73 Å². The van der Waals surface area contributed by atoms with Gasteiger partial charge in [0.1, 0.15) is 0 Å². The van der Waals surface area contributed by atoms with E-state index in [2.05, 4.69) is 21.9 Å². The van der Waals surface area contributed by atoms with Gasteiger partial charge in [-0.2, -0.15) is 0 Å². The Morgan fingerprint density at radius 1 is 1.60 bits per heavy atom. The number of nitrogens with zero attached hydrogens (tertiary/aromatic N) is 4. The van der Waals surface area contributed by atoms with Crippen LogP contribution in [0, 0.1) is 6.33 Å². The molecule has 0 bridgehead atoms. The average molecular weight is 140 g/mol. The second-order valence-corrected chi connectivity index (χ2v) is 2.93. The van der Waals surface area contributed by atoms with Crippen molar-refractivity contribution in [1.82, 2.24) is 20.2 Å². The van der Waals surface area contributed by atoms with E-state index in [9.17, 15) is 0 Å². The van der Waals surface area contributed by atoms with Crippen molar-refractivity contribution in [3.05, 3.63) is 6.33 Å². The van der Waals surface area contributed by atoms with E-state index in [1.165, 1.54) is 4.68 Å². The highest BCUT2D eigenvalue weighted by Gasteiger charge is 2.11. The molecule has 0 saturated carbocycles. The first-order valence-corrected chi connectivity index (χ1v) is 3.01. The number of aromatic nitrogens is 4. The van der Waals surface area contributed by atoms with Crippen LogP contribution in [-0.4, -0.2) is 25.7 Å². The largest absolute Gasteiger partial charge is 0.324 e. The topological polar surface area (TPSA) is 69.6 Å². The highest BCUT2D eigenvalue weighted by atomic mass is 15.5. The van der Waals surface area contributed by atoms with Crippen LogP contribution < -0.4 is 5.73 Å². The van der Waals surface area contributed by atoms with Crippen LogP contribution >= 0.6 is 0 Å². The molecule has 1 aromatic heterocycles. The Bertz CT molecular complexity index is 184. The molecule has 2 N–H and O–H groups in total. The van der Waals surface area contributed by atoms with Gasteiger partial charge in [-0.05, 0) is 24.3 Å². The maximum absolute atomic E-state index is 5.69. The molecule has 5 nitrogen and oxygen atoms in total. The Labute approximate surface area is 59.2 Å². The number of rotatable bonds is 2. The summed E-state index contributed by atoms with van der Waals surface area (Å²) in [6.07, 6.45) is 2.56. The Morgan fingerprint density at radius 2 is 2.30 bits per heavy atom. The van der Waals surface area contributed by atoms with E-state index >= 15 is 0 Å². The predicted molar refractivity (Wildman–Crippen MR) is 34.9 cm³/mol. The molecular formula is C5H10N5. The zero-order valence-corrected chi connectivity index (χ0v) is 6.07. The van der Waals surface area contributed by atoms with E-state index in [-0.39, 0.29) is 5.54 Å². The standard InChI is InChI=1S/C5H10N5/c1-5(2,6)3-10-4-7-8-9-10/h3,6H2,1-2H3. The lowest BCUT2D eigenvalue weighted by Crippen LogP contribution is -2.37. The Hall–Kier alpha value is -0.970. The summed E-state index contributed by atoms with van der Waals surface area (Å²) >= 11 is 0. The van der Waals surface area contributed by atoms with Crippen molar-refractivity contribution in [2.45, 2.75) is 25.9 Å². The molecule has 1 heterocycles. The van der Waals surface area contributed by atoms with Gasteiger partial charge in [0.25, 0.3) is 0 Å². The lowest BCUT2D eigenvalue weighted by atomic mass is 10.1. The highest BCUT2D eigenvalue weighted by Crippen LogP contribution is 1.97. The second kappa shape index (κ2) is 2.34. The zero-order chi connectivity index (χ0) is 7.61. The van der Waals surface area contributed by atoms with Gasteiger partial charge >= 0.3 is 0 Å². The van der Waals surface area contributed by atoms with Crippen molar-refractivity contribution in [1.29, 1.82) is 0 Å². The fourth-order valence-corrected chi connectivity index (χ4v) is 0.613. The van der Waals surface area contributed by atoms with Crippen LogP contribution in [0.2, 0.25) is 0 Å². The third kappa shape index (κ3) is 2.10. The molecule has 0 fully saturated rings. The van der Waals surface area contributed by atoms with E-state index < -0.39 is 0 Å². The van der Waals surface area contributed by atoms with E-state index in [0.29, 0.717) is 6.54 Å². The molecule has 0 atom stereocenters. The average Bonchev–Trinajstić information content (AvgIpc) is 2.12. The van der Waals surface area contributed by atoms with Gasteiger partial charge in [0.2, 0.25) is 6.33 Å². The Balaban J connectivity index is 2.57. The van der Waals surface area contributed by atoms with Crippen molar-refractivity contribution in [2.24, 2.45) is 5.73 Å². The van der Waals surface area contributed by atoms with Gasteiger partial charge in [0.15, 0.2) is 0 Å². The van der Waals surface area contributed by atoms with Crippen LogP contribution in [0.25, 0.3) is 0 Å². The van der Waals surface area contributed by atoms with Crippen LogP contribution in [0.3, 0.4) is 0 Å². The molecule has 0 aromatic carbocycles. The maximum atomic E-state index is 5.69. The summed E-state index contributed by atoms with van der Waals surface area (Å²) in [5.41, 5.74) is 5.40.